The SMILES string of the molecule is C#CCCc1cc(Cn2cc(-c3cc(C(F)(F)F)nc(S(C)(=O)=O)n3)ccc2=O)ccc1OC. The van der Waals surface area contributed by atoms with Crippen molar-refractivity contribution in [3.63, 3.8) is 0 Å². The quantitative estimate of drug-likeness (QED) is 0.372. The average Bonchev–Trinajstić information content (AvgIpc) is 2.77. The fourth-order valence-electron chi connectivity index (χ4n) is 3.22. The second-order valence-electron chi connectivity index (χ2n) is 7.43. The summed E-state index contributed by atoms with van der Waals surface area (Å²) >= 11 is 0. The fraction of sp³-hybridized carbons (Fsp3) is 0.261. The smallest absolute Gasteiger partial charge is 0.433 e. The van der Waals surface area contributed by atoms with E-state index < -0.39 is 32.4 Å². The van der Waals surface area contributed by atoms with Crippen LogP contribution in [0.2, 0.25) is 0 Å². The van der Waals surface area contributed by atoms with Gasteiger partial charge < -0.3 is 9.30 Å². The molecule has 2 aromatic heterocycles. The standard InChI is InChI=1S/C23H20F3N3O4S/c1-4-5-6-16-11-15(7-9-19(16)33-2)13-29-14-17(8-10-21(29)30)18-12-20(23(24,25)26)28-22(27-18)34(3,31)32/h1,7-12,14H,5-6,13H2,2-3H3. The van der Waals surface area contributed by atoms with E-state index in [1.165, 1.54) is 30.0 Å². The molecule has 11 heteroatoms. The fourth-order valence-corrected chi connectivity index (χ4v) is 3.75. The monoisotopic (exact) mass is 491 g/mol. The van der Waals surface area contributed by atoms with Crippen LogP contribution in [0.4, 0.5) is 13.2 Å². The Hall–Kier alpha value is -3.65. The molecule has 178 valence electrons. The molecule has 0 aliphatic heterocycles. The van der Waals surface area contributed by atoms with Crippen molar-refractivity contribution in [1.82, 2.24) is 14.5 Å². The summed E-state index contributed by atoms with van der Waals surface area (Å²) in [7, 11) is -2.59. The van der Waals surface area contributed by atoms with E-state index in [1.807, 2.05) is 6.07 Å². The van der Waals surface area contributed by atoms with Crippen LogP contribution in [0.3, 0.4) is 0 Å². The van der Waals surface area contributed by atoms with Crippen molar-refractivity contribution >= 4 is 9.84 Å². The first-order chi connectivity index (χ1) is 15.9. The van der Waals surface area contributed by atoms with E-state index in [1.54, 1.807) is 12.1 Å². The Morgan fingerprint density at radius 2 is 1.88 bits per heavy atom. The summed E-state index contributed by atoms with van der Waals surface area (Å²) in [5.74, 6) is 3.20. The number of hydrogen-bond donors (Lipinski definition) is 0. The van der Waals surface area contributed by atoms with E-state index in [0.717, 1.165) is 11.1 Å². The molecule has 0 aliphatic carbocycles. The minimum Gasteiger partial charge on any atom is -0.496 e. The number of aryl methyl sites for hydroxylation is 1. The van der Waals surface area contributed by atoms with Crippen LogP contribution in [0.25, 0.3) is 11.3 Å². The van der Waals surface area contributed by atoms with Crippen molar-refractivity contribution in [2.24, 2.45) is 0 Å². The molecule has 3 rings (SSSR count). The summed E-state index contributed by atoms with van der Waals surface area (Å²) in [6.45, 7) is 0.107. The summed E-state index contributed by atoms with van der Waals surface area (Å²) in [4.78, 5) is 19.4. The Morgan fingerprint density at radius 1 is 1.15 bits per heavy atom. The number of nitrogens with zero attached hydrogens (tertiary/aromatic N) is 3. The normalized spacial score (nSPS) is 11.8. The van der Waals surface area contributed by atoms with Crippen LogP contribution in [0.1, 0.15) is 23.2 Å². The lowest BCUT2D eigenvalue weighted by molar-refractivity contribution is -0.141. The topological polar surface area (TPSA) is 91.1 Å². The maximum atomic E-state index is 13.3. The number of aromatic nitrogens is 3. The third-order valence-corrected chi connectivity index (χ3v) is 5.69. The minimum atomic E-state index is -4.89. The number of methoxy groups -OCH3 is 1. The molecule has 34 heavy (non-hydrogen) atoms. The molecule has 0 saturated carbocycles. The molecular formula is C23H20F3N3O4S. The molecule has 0 N–H and O–H groups in total. The molecule has 3 aromatic rings. The highest BCUT2D eigenvalue weighted by Crippen LogP contribution is 2.31. The van der Waals surface area contributed by atoms with Crippen LogP contribution in [0.5, 0.6) is 5.75 Å². The van der Waals surface area contributed by atoms with E-state index in [9.17, 15) is 26.4 Å². The molecule has 0 fully saturated rings. The van der Waals surface area contributed by atoms with Gasteiger partial charge in [-0.25, -0.2) is 18.4 Å². The number of pyridine rings is 1. The van der Waals surface area contributed by atoms with Crippen LogP contribution in [-0.4, -0.2) is 36.3 Å². The highest BCUT2D eigenvalue weighted by molar-refractivity contribution is 7.90. The van der Waals surface area contributed by atoms with Crippen LogP contribution in [0, 0.1) is 12.3 Å². The number of ether oxygens (including phenoxy) is 1. The predicted molar refractivity (Wildman–Crippen MR) is 119 cm³/mol. The Labute approximate surface area is 194 Å². The van der Waals surface area contributed by atoms with Gasteiger partial charge in [0.1, 0.15) is 11.4 Å². The summed E-state index contributed by atoms with van der Waals surface area (Å²) in [5.41, 5.74) is -0.366. The molecule has 0 aliphatic rings. The van der Waals surface area contributed by atoms with Gasteiger partial charge in [-0.1, -0.05) is 12.1 Å². The summed E-state index contributed by atoms with van der Waals surface area (Å²) < 4.78 is 70.2. The number of terminal acetylenes is 1. The molecule has 0 atom stereocenters. The molecule has 0 bridgehead atoms. The Bertz CT molecular complexity index is 1420. The third-order valence-electron chi connectivity index (χ3n) is 4.84. The number of sulfone groups is 1. The van der Waals surface area contributed by atoms with Crippen LogP contribution in [0.15, 0.2) is 52.5 Å². The molecule has 0 radical (unpaired) electrons. The first-order valence-electron chi connectivity index (χ1n) is 9.89. The van der Waals surface area contributed by atoms with Crippen LogP contribution in [-0.2, 0) is 29.0 Å². The van der Waals surface area contributed by atoms with Crippen LogP contribution < -0.4 is 10.3 Å². The summed E-state index contributed by atoms with van der Waals surface area (Å²) in [6, 6.07) is 8.43. The number of benzene rings is 1. The number of alkyl halides is 3. The highest BCUT2D eigenvalue weighted by atomic mass is 32.2. The van der Waals surface area contributed by atoms with Gasteiger partial charge >= 0.3 is 6.18 Å². The average molecular weight is 491 g/mol. The zero-order chi connectivity index (χ0) is 25.1. The molecule has 1 aromatic carbocycles. The Morgan fingerprint density at radius 3 is 2.50 bits per heavy atom. The first-order valence-corrected chi connectivity index (χ1v) is 11.8. The molecule has 0 unspecified atom stereocenters. The van der Waals surface area contributed by atoms with Crippen molar-refractivity contribution in [3.8, 4) is 29.4 Å². The van der Waals surface area contributed by atoms with Gasteiger partial charge in [0.15, 0.2) is 0 Å². The maximum Gasteiger partial charge on any atom is 0.433 e. The van der Waals surface area contributed by atoms with Gasteiger partial charge in [0.2, 0.25) is 15.0 Å². The minimum absolute atomic E-state index is 0.107. The second kappa shape index (κ2) is 9.69. The molecule has 2 heterocycles. The van der Waals surface area contributed by atoms with Crippen molar-refractivity contribution in [1.29, 1.82) is 0 Å². The Kier molecular flexibility index (Phi) is 7.12. The first kappa shape index (κ1) is 25.0. The highest BCUT2D eigenvalue weighted by Gasteiger charge is 2.35. The zero-order valence-corrected chi connectivity index (χ0v) is 19.1. The van der Waals surface area contributed by atoms with Gasteiger partial charge in [-0.2, -0.15) is 13.2 Å². The van der Waals surface area contributed by atoms with Gasteiger partial charge in [-0.05, 0) is 35.7 Å². The molecule has 0 spiro atoms. The van der Waals surface area contributed by atoms with E-state index in [2.05, 4.69) is 15.9 Å². The van der Waals surface area contributed by atoms with E-state index in [4.69, 9.17) is 11.2 Å². The van der Waals surface area contributed by atoms with Crippen LogP contribution >= 0.6 is 0 Å². The summed E-state index contributed by atoms with van der Waals surface area (Å²) in [6.07, 6.45) is 3.56. The van der Waals surface area contributed by atoms with Crippen molar-refractivity contribution in [2.45, 2.75) is 30.7 Å². The van der Waals surface area contributed by atoms with Gasteiger partial charge in [-0.3, -0.25) is 4.79 Å². The summed E-state index contributed by atoms with van der Waals surface area (Å²) in [5, 5.41) is -0.955. The van der Waals surface area contributed by atoms with Crippen molar-refractivity contribution < 1.29 is 26.3 Å². The second-order valence-corrected chi connectivity index (χ2v) is 9.33. The molecular weight excluding hydrogens is 471 g/mol. The molecule has 0 saturated heterocycles. The lowest BCUT2D eigenvalue weighted by atomic mass is 10.0. The molecule has 0 amide bonds. The number of hydrogen-bond acceptors (Lipinski definition) is 6. The van der Waals surface area contributed by atoms with Gasteiger partial charge in [-0.15, -0.1) is 12.3 Å². The lowest BCUT2D eigenvalue weighted by Gasteiger charge is -2.13. The molecule has 7 nitrogen and oxygen atoms in total. The number of halogens is 3. The van der Waals surface area contributed by atoms with Crippen molar-refractivity contribution in [2.75, 3.05) is 13.4 Å². The Balaban J connectivity index is 2.06. The largest absolute Gasteiger partial charge is 0.496 e. The third kappa shape index (κ3) is 5.82. The van der Waals surface area contributed by atoms with E-state index in [0.29, 0.717) is 30.9 Å². The number of rotatable bonds is 7. The van der Waals surface area contributed by atoms with E-state index in [-0.39, 0.29) is 17.8 Å². The van der Waals surface area contributed by atoms with Gasteiger partial charge in [0.25, 0.3) is 5.56 Å². The lowest BCUT2D eigenvalue weighted by Crippen LogP contribution is -2.20. The van der Waals surface area contributed by atoms with E-state index >= 15 is 0 Å². The van der Waals surface area contributed by atoms with Gasteiger partial charge in [0.05, 0.1) is 19.3 Å². The van der Waals surface area contributed by atoms with Crippen molar-refractivity contribution in [3.05, 3.63) is 69.8 Å². The predicted octanol–water partition coefficient (Wildman–Crippen LogP) is 3.35. The maximum absolute atomic E-state index is 13.3. The van der Waals surface area contributed by atoms with Gasteiger partial charge in [0, 0.05) is 30.5 Å². The zero-order valence-electron chi connectivity index (χ0n) is 18.3.